The first-order valence-electron chi connectivity index (χ1n) is 7.50. The molecule has 0 atom stereocenters. The van der Waals surface area contributed by atoms with Crippen LogP contribution in [0.3, 0.4) is 0 Å². The molecule has 1 aliphatic rings. The van der Waals surface area contributed by atoms with Gasteiger partial charge in [0, 0.05) is 30.2 Å². The number of aromatic nitrogens is 2. The molecular weight excluding hydrogens is 318 g/mol. The molecule has 120 valence electrons. The van der Waals surface area contributed by atoms with E-state index < -0.39 is 11.6 Å². The third-order valence-electron chi connectivity index (χ3n) is 4.16. The van der Waals surface area contributed by atoms with Gasteiger partial charge in [-0.05, 0) is 44.2 Å². The van der Waals surface area contributed by atoms with Gasteiger partial charge < -0.3 is 4.90 Å². The molecule has 7 heteroatoms. The molecule has 0 spiro atoms. The molecule has 0 N–H and O–H groups in total. The summed E-state index contributed by atoms with van der Waals surface area (Å²) in [6.45, 7) is 3.50. The quantitative estimate of drug-likeness (QED) is 0.863. The Balaban J connectivity index is 1.64. The van der Waals surface area contributed by atoms with Gasteiger partial charge >= 0.3 is 0 Å². The van der Waals surface area contributed by atoms with Gasteiger partial charge in [0.2, 0.25) is 5.13 Å². The molecule has 0 aliphatic carbocycles. The highest BCUT2D eigenvalue weighted by Crippen LogP contribution is 2.28. The molecule has 1 aliphatic heterocycles. The van der Waals surface area contributed by atoms with Crippen LogP contribution in [0.2, 0.25) is 0 Å². The van der Waals surface area contributed by atoms with Crippen LogP contribution in [0.25, 0.3) is 0 Å². The minimum Gasteiger partial charge on any atom is -0.347 e. The summed E-state index contributed by atoms with van der Waals surface area (Å²) >= 11 is 1.38. The molecule has 0 bridgehead atoms. The number of benzene rings is 1. The minimum atomic E-state index is -0.622. The van der Waals surface area contributed by atoms with Gasteiger partial charge in [-0.25, -0.2) is 13.8 Å². The molecule has 1 aromatic carbocycles. The second-order valence-corrected chi connectivity index (χ2v) is 6.52. The summed E-state index contributed by atoms with van der Waals surface area (Å²) in [5.41, 5.74) is 0.111. The van der Waals surface area contributed by atoms with Crippen LogP contribution in [0.15, 0.2) is 12.1 Å². The van der Waals surface area contributed by atoms with Crippen molar-refractivity contribution in [2.24, 2.45) is 5.92 Å². The SMILES string of the molecule is Cc1nsc(N2CCC(Cc3c(F)cc(C#N)cc3F)CC2)n1. The fourth-order valence-electron chi connectivity index (χ4n) is 2.89. The first-order valence-corrected chi connectivity index (χ1v) is 8.27. The summed E-state index contributed by atoms with van der Waals surface area (Å²) in [4.78, 5) is 6.55. The number of piperidine rings is 1. The molecule has 0 radical (unpaired) electrons. The summed E-state index contributed by atoms with van der Waals surface area (Å²) < 4.78 is 32.1. The average Bonchev–Trinajstić information content (AvgIpc) is 2.97. The number of halogens is 2. The van der Waals surface area contributed by atoms with E-state index in [0.717, 1.165) is 49.0 Å². The largest absolute Gasteiger partial charge is 0.347 e. The predicted octanol–water partition coefficient (Wildman–Crippen LogP) is 3.46. The van der Waals surface area contributed by atoms with E-state index in [1.54, 1.807) is 6.07 Å². The Hall–Kier alpha value is -2.07. The maximum Gasteiger partial charge on any atom is 0.205 e. The fourth-order valence-corrected chi connectivity index (χ4v) is 3.62. The molecule has 1 saturated heterocycles. The Kier molecular flexibility index (Phi) is 4.53. The Morgan fingerprint density at radius 3 is 2.48 bits per heavy atom. The summed E-state index contributed by atoms with van der Waals surface area (Å²) in [5.74, 6) is -0.237. The number of rotatable bonds is 3. The van der Waals surface area contributed by atoms with Crippen molar-refractivity contribution in [2.45, 2.75) is 26.2 Å². The van der Waals surface area contributed by atoms with Crippen molar-refractivity contribution >= 4 is 16.7 Å². The maximum absolute atomic E-state index is 14.0. The van der Waals surface area contributed by atoms with Gasteiger partial charge in [0.05, 0.1) is 11.6 Å². The third-order valence-corrected chi connectivity index (χ3v) is 5.03. The summed E-state index contributed by atoms with van der Waals surface area (Å²) in [7, 11) is 0. The Bertz CT molecular complexity index is 722. The minimum absolute atomic E-state index is 0.0187. The molecule has 23 heavy (non-hydrogen) atoms. The van der Waals surface area contributed by atoms with Crippen molar-refractivity contribution < 1.29 is 8.78 Å². The van der Waals surface area contributed by atoms with Gasteiger partial charge in [0.25, 0.3) is 0 Å². The first-order chi connectivity index (χ1) is 11.1. The molecule has 0 unspecified atom stereocenters. The van der Waals surface area contributed by atoms with Crippen LogP contribution in [-0.4, -0.2) is 22.4 Å². The summed E-state index contributed by atoms with van der Waals surface area (Å²) in [5, 5.41) is 9.65. The van der Waals surface area contributed by atoms with Crippen LogP contribution in [0.4, 0.5) is 13.9 Å². The number of hydrogen-bond donors (Lipinski definition) is 0. The molecule has 0 amide bonds. The lowest BCUT2D eigenvalue weighted by Crippen LogP contribution is -2.34. The highest BCUT2D eigenvalue weighted by Gasteiger charge is 2.24. The van der Waals surface area contributed by atoms with Crippen molar-refractivity contribution in [3.05, 3.63) is 40.7 Å². The zero-order chi connectivity index (χ0) is 16.4. The summed E-state index contributed by atoms with van der Waals surface area (Å²) in [6, 6.07) is 3.98. The molecule has 1 aromatic heterocycles. The van der Waals surface area contributed by atoms with Crippen molar-refractivity contribution in [1.82, 2.24) is 9.36 Å². The van der Waals surface area contributed by atoms with Crippen molar-refractivity contribution in [2.75, 3.05) is 18.0 Å². The number of nitrogens with zero attached hydrogens (tertiary/aromatic N) is 4. The second-order valence-electron chi connectivity index (χ2n) is 5.79. The molecule has 4 nitrogen and oxygen atoms in total. The molecule has 2 heterocycles. The highest BCUT2D eigenvalue weighted by atomic mass is 32.1. The van der Waals surface area contributed by atoms with Gasteiger partial charge in [-0.2, -0.15) is 9.64 Å². The van der Waals surface area contributed by atoms with Crippen LogP contribution in [0.5, 0.6) is 0 Å². The van der Waals surface area contributed by atoms with E-state index in [1.807, 2.05) is 6.92 Å². The van der Waals surface area contributed by atoms with E-state index in [9.17, 15) is 8.78 Å². The predicted molar refractivity (Wildman–Crippen MR) is 84.4 cm³/mol. The van der Waals surface area contributed by atoms with Crippen molar-refractivity contribution in [1.29, 1.82) is 5.26 Å². The topological polar surface area (TPSA) is 52.8 Å². The number of aryl methyl sites for hydroxylation is 1. The van der Waals surface area contributed by atoms with Gasteiger partial charge in [-0.15, -0.1) is 0 Å². The number of hydrogen-bond acceptors (Lipinski definition) is 5. The van der Waals surface area contributed by atoms with Crippen LogP contribution in [0, 0.1) is 35.8 Å². The van der Waals surface area contributed by atoms with E-state index in [2.05, 4.69) is 14.3 Å². The normalized spacial score (nSPS) is 15.7. The number of nitriles is 1. The molecule has 0 saturated carbocycles. The van der Waals surface area contributed by atoms with Gasteiger partial charge in [0.15, 0.2) is 0 Å². The number of anilines is 1. The standard InChI is InChI=1S/C16H16F2N4S/c1-10-20-16(23-21-10)22-4-2-11(3-5-22)6-13-14(17)7-12(9-19)8-15(13)18/h7-8,11H,2-6H2,1H3. The molecular formula is C16H16F2N4S. The van der Waals surface area contributed by atoms with Gasteiger partial charge in [-0.1, -0.05) is 0 Å². The molecule has 2 aromatic rings. The van der Waals surface area contributed by atoms with Gasteiger partial charge in [-0.3, -0.25) is 0 Å². The average molecular weight is 334 g/mol. The Morgan fingerprint density at radius 2 is 1.96 bits per heavy atom. The Morgan fingerprint density at radius 1 is 1.30 bits per heavy atom. The van der Waals surface area contributed by atoms with E-state index in [0.29, 0.717) is 6.42 Å². The lowest BCUT2D eigenvalue weighted by molar-refractivity contribution is 0.390. The zero-order valence-electron chi connectivity index (χ0n) is 12.7. The van der Waals surface area contributed by atoms with Crippen molar-refractivity contribution in [3.63, 3.8) is 0 Å². The Labute approximate surface area is 137 Å². The smallest absolute Gasteiger partial charge is 0.205 e. The van der Waals surface area contributed by atoms with Gasteiger partial charge in [0.1, 0.15) is 17.5 Å². The van der Waals surface area contributed by atoms with E-state index in [1.165, 1.54) is 11.5 Å². The lowest BCUT2D eigenvalue weighted by Gasteiger charge is -2.31. The molecule has 3 rings (SSSR count). The van der Waals surface area contributed by atoms with E-state index in [-0.39, 0.29) is 17.0 Å². The van der Waals surface area contributed by atoms with Crippen molar-refractivity contribution in [3.8, 4) is 6.07 Å². The van der Waals surface area contributed by atoms with E-state index in [4.69, 9.17) is 5.26 Å². The third kappa shape index (κ3) is 3.48. The van der Waals surface area contributed by atoms with E-state index >= 15 is 0 Å². The zero-order valence-corrected chi connectivity index (χ0v) is 13.5. The summed E-state index contributed by atoms with van der Waals surface area (Å²) in [6.07, 6.45) is 2.08. The monoisotopic (exact) mass is 334 g/mol. The lowest BCUT2D eigenvalue weighted by atomic mass is 9.89. The van der Waals surface area contributed by atoms with Crippen LogP contribution in [-0.2, 0) is 6.42 Å². The first kappa shape index (κ1) is 15.8. The fraction of sp³-hybridized carbons (Fsp3) is 0.438. The van der Waals surface area contributed by atoms with Crippen LogP contribution >= 0.6 is 11.5 Å². The molecule has 1 fully saturated rings. The van der Waals surface area contributed by atoms with Crippen LogP contribution in [0.1, 0.15) is 29.8 Å². The highest BCUT2D eigenvalue weighted by molar-refractivity contribution is 7.09. The van der Waals surface area contributed by atoms with Crippen LogP contribution < -0.4 is 4.90 Å². The maximum atomic E-state index is 14.0. The second kappa shape index (κ2) is 6.59.